The van der Waals surface area contributed by atoms with Gasteiger partial charge in [0, 0.05) is 25.0 Å². The summed E-state index contributed by atoms with van der Waals surface area (Å²) in [7, 11) is 2.12. The summed E-state index contributed by atoms with van der Waals surface area (Å²) in [5.74, 6) is 0. The first-order valence-corrected chi connectivity index (χ1v) is 10.9. The largest absolute Gasteiger partial charge is 0.394 e. The van der Waals surface area contributed by atoms with Crippen LogP contribution in [-0.2, 0) is 6.54 Å². The van der Waals surface area contributed by atoms with Crippen molar-refractivity contribution in [3.05, 3.63) is 78.1 Å². The molecule has 6 nitrogen and oxygen atoms in total. The highest BCUT2D eigenvalue weighted by atomic mass is 16.3. The van der Waals surface area contributed by atoms with E-state index >= 15 is 0 Å². The molecular formula is C25H30N4O2. The van der Waals surface area contributed by atoms with Crippen LogP contribution in [0, 0.1) is 0 Å². The first-order valence-electron chi connectivity index (χ1n) is 10.9. The maximum atomic E-state index is 13.5. The van der Waals surface area contributed by atoms with Crippen molar-refractivity contribution in [2.75, 3.05) is 26.7 Å². The van der Waals surface area contributed by atoms with Crippen molar-refractivity contribution in [3.8, 4) is 0 Å². The molecule has 3 aromatic rings. The fourth-order valence-electron chi connectivity index (χ4n) is 4.37. The quantitative estimate of drug-likeness (QED) is 0.642. The summed E-state index contributed by atoms with van der Waals surface area (Å²) < 4.78 is 0. The second kappa shape index (κ2) is 9.90. The SMILES string of the molecule is CN1CCC(N(Cc2cccnc2)C(=O)NC(CO)c2cccc3ccccc23)CC1. The number of hydrogen-bond acceptors (Lipinski definition) is 4. The van der Waals surface area contributed by atoms with Crippen LogP contribution in [0.25, 0.3) is 10.8 Å². The molecule has 31 heavy (non-hydrogen) atoms. The molecule has 2 N–H and O–H groups in total. The van der Waals surface area contributed by atoms with Gasteiger partial charge in [-0.25, -0.2) is 4.79 Å². The lowest BCUT2D eigenvalue weighted by Crippen LogP contribution is -2.50. The van der Waals surface area contributed by atoms with Crippen LogP contribution < -0.4 is 5.32 Å². The highest BCUT2D eigenvalue weighted by Crippen LogP contribution is 2.25. The number of nitrogens with one attached hydrogen (secondary N) is 1. The maximum Gasteiger partial charge on any atom is 0.318 e. The van der Waals surface area contributed by atoms with E-state index in [9.17, 15) is 9.90 Å². The minimum Gasteiger partial charge on any atom is -0.394 e. The van der Waals surface area contributed by atoms with E-state index in [1.54, 1.807) is 6.20 Å². The Balaban J connectivity index is 1.57. The second-order valence-corrected chi connectivity index (χ2v) is 8.28. The number of amides is 2. The monoisotopic (exact) mass is 418 g/mol. The van der Waals surface area contributed by atoms with Gasteiger partial charge in [-0.05, 0) is 60.9 Å². The van der Waals surface area contributed by atoms with E-state index in [4.69, 9.17) is 0 Å². The van der Waals surface area contributed by atoms with Crippen molar-refractivity contribution in [2.45, 2.75) is 31.5 Å². The number of hydrogen-bond donors (Lipinski definition) is 2. The number of carbonyl (C=O) groups is 1. The molecule has 162 valence electrons. The minimum absolute atomic E-state index is 0.148. The Morgan fingerprint density at radius 1 is 1.16 bits per heavy atom. The van der Waals surface area contributed by atoms with Crippen molar-refractivity contribution in [2.24, 2.45) is 0 Å². The molecule has 1 unspecified atom stereocenters. The summed E-state index contributed by atoms with van der Waals surface area (Å²) in [5, 5.41) is 15.4. The Labute approximate surface area is 183 Å². The van der Waals surface area contributed by atoms with E-state index in [-0.39, 0.29) is 18.7 Å². The zero-order valence-electron chi connectivity index (χ0n) is 17.9. The third kappa shape index (κ3) is 5.03. The van der Waals surface area contributed by atoms with Gasteiger partial charge in [-0.1, -0.05) is 48.5 Å². The zero-order chi connectivity index (χ0) is 21.6. The Morgan fingerprint density at radius 3 is 2.68 bits per heavy atom. The number of piperidine rings is 1. The third-order valence-electron chi connectivity index (χ3n) is 6.14. The number of carbonyl (C=O) groups excluding carboxylic acids is 1. The average Bonchev–Trinajstić information content (AvgIpc) is 2.82. The lowest BCUT2D eigenvalue weighted by Gasteiger charge is -2.38. The van der Waals surface area contributed by atoms with Crippen LogP contribution in [0.15, 0.2) is 67.0 Å². The molecule has 1 aromatic heterocycles. The highest BCUT2D eigenvalue weighted by Gasteiger charge is 2.29. The number of aliphatic hydroxyl groups excluding tert-OH is 1. The number of nitrogens with zero attached hydrogens (tertiary/aromatic N) is 3. The summed E-state index contributed by atoms with van der Waals surface area (Å²) in [6.45, 7) is 2.28. The number of fused-ring (bicyclic) bond motifs is 1. The first-order chi connectivity index (χ1) is 15.2. The number of pyridine rings is 1. The Hall–Kier alpha value is -2.96. The van der Waals surface area contributed by atoms with E-state index in [1.807, 2.05) is 65.7 Å². The minimum atomic E-state index is -0.471. The van der Waals surface area contributed by atoms with Gasteiger partial charge < -0.3 is 20.2 Å². The number of rotatable bonds is 6. The van der Waals surface area contributed by atoms with Gasteiger partial charge in [0.25, 0.3) is 0 Å². The topological polar surface area (TPSA) is 68.7 Å². The summed E-state index contributed by atoms with van der Waals surface area (Å²) in [4.78, 5) is 21.9. The van der Waals surface area contributed by atoms with Crippen LogP contribution in [0.5, 0.6) is 0 Å². The van der Waals surface area contributed by atoms with Crippen LogP contribution in [0.2, 0.25) is 0 Å². The van der Waals surface area contributed by atoms with Crippen LogP contribution in [0.4, 0.5) is 4.79 Å². The molecule has 1 atom stereocenters. The van der Waals surface area contributed by atoms with Crippen LogP contribution in [-0.4, -0.2) is 58.7 Å². The summed E-state index contributed by atoms with van der Waals surface area (Å²) in [5.41, 5.74) is 1.93. The number of aliphatic hydroxyl groups is 1. The highest BCUT2D eigenvalue weighted by molar-refractivity contribution is 5.86. The molecule has 0 aliphatic carbocycles. The van der Waals surface area contributed by atoms with Gasteiger partial charge in [-0.3, -0.25) is 4.98 Å². The standard InChI is InChI=1S/C25H30N4O2/c1-28-14-11-21(12-15-28)29(17-19-6-5-13-26-16-19)25(31)27-24(18-30)23-10-4-8-20-7-2-3-9-22(20)23/h2-10,13,16,21,24,30H,11-12,14-15,17-18H2,1H3,(H,27,31). The van der Waals surface area contributed by atoms with Gasteiger partial charge in [0.2, 0.25) is 0 Å². The van der Waals surface area contributed by atoms with Crippen molar-refractivity contribution < 1.29 is 9.90 Å². The maximum absolute atomic E-state index is 13.5. The van der Waals surface area contributed by atoms with Crippen LogP contribution in [0.1, 0.15) is 30.0 Å². The van der Waals surface area contributed by atoms with Crippen LogP contribution >= 0.6 is 0 Å². The lowest BCUT2D eigenvalue weighted by molar-refractivity contribution is 0.121. The fourth-order valence-corrected chi connectivity index (χ4v) is 4.37. The van der Waals surface area contributed by atoms with Crippen molar-refractivity contribution in [1.29, 1.82) is 0 Å². The van der Waals surface area contributed by atoms with E-state index in [2.05, 4.69) is 22.2 Å². The predicted octanol–water partition coefficient (Wildman–Crippen LogP) is 3.57. The van der Waals surface area contributed by atoms with Crippen LogP contribution in [0.3, 0.4) is 0 Å². The van der Waals surface area contributed by atoms with Crippen molar-refractivity contribution in [1.82, 2.24) is 20.1 Å². The molecule has 1 aliphatic rings. The number of likely N-dealkylation sites (tertiary alicyclic amines) is 1. The summed E-state index contributed by atoms with van der Waals surface area (Å²) in [6.07, 6.45) is 5.42. The second-order valence-electron chi connectivity index (χ2n) is 8.28. The fraction of sp³-hybridized carbons (Fsp3) is 0.360. The number of aromatic nitrogens is 1. The lowest BCUT2D eigenvalue weighted by atomic mass is 9.99. The Bertz CT molecular complexity index is 997. The van der Waals surface area contributed by atoms with Gasteiger partial charge in [0.1, 0.15) is 0 Å². The molecule has 0 radical (unpaired) electrons. The molecule has 4 rings (SSSR count). The normalized spacial score (nSPS) is 16.2. The average molecular weight is 419 g/mol. The molecule has 0 bridgehead atoms. The van der Waals surface area contributed by atoms with Gasteiger partial charge >= 0.3 is 6.03 Å². The molecule has 6 heteroatoms. The zero-order valence-corrected chi connectivity index (χ0v) is 17.9. The van der Waals surface area contributed by atoms with Crippen molar-refractivity contribution in [3.63, 3.8) is 0 Å². The Kier molecular flexibility index (Phi) is 6.79. The van der Waals surface area contributed by atoms with E-state index in [0.29, 0.717) is 6.54 Å². The van der Waals surface area contributed by atoms with E-state index in [1.165, 1.54) is 0 Å². The van der Waals surface area contributed by atoms with E-state index in [0.717, 1.165) is 47.8 Å². The third-order valence-corrected chi connectivity index (χ3v) is 6.14. The molecule has 1 saturated heterocycles. The predicted molar refractivity (Wildman–Crippen MR) is 123 cm³/mol. The smallest absolute Gasteiger partial charge is 0.318 e. The molecule has 2 amide bonds. The number of benzene rings is 2. The Morgan fingerprint density at radius 2 is 1.94 bits per heavy atom. The molecule has 0 saturated carbocycles. The molecule has 2 heterocycles. The molecule has 0 spiro atoms. The van der Waals surface area contributed by atoms with Crippen molar-refractivity contribution >= 4 is 16.8 Å². The summed E-state index contributed by atoms with van der Waals surface area (Å²) >= 11 is 0. The number of urea groups is 1. The molecular weight excluding hydrogens is 388 g/mol. The summed E-state index contributed by atoms with van der Waals surface area (Å²) in [6, 6.07) is 17.5. The molecule has 1 aliphatic heterocycles. The van der Waals surface area contributed by atoms with Gasteiger partial charge in [-0.2, -0.15) is 0 Å². The van der Waals surface area contributed by atoms with Gasteiger partial charge in [0.15, 0.2) is 0 Å². The van der Waals surface area contributed by atoms with Gasteiger partial charge in [-0.15, -0.1) is 0 Å². The van der Waals surface area contributed by atoms with Gasteiger partial charge in [0.05, 0.1) is 12.6 Å². The first kappa shape index (κ1) is 21.3. The molecule has 1 fully saturated rings. The molecule has 2 aromatic carbocycles. The van der Waals surface area contributed by atoms with E-state index < -0.39 is 6.04 Å².